The summed E-state index contributed by atoms with van der Waals surface area (Å²) in [5.41, 5.74) is 1.01. The summed E-state index contributed by atoms with van der Waals surface area (Å²) in [4.78, 5) is 12.1. The lowest BCUT2D eigenvalue weighted by Crippen LogP contribution is -2.23. The molecule has 0 saturated heterocycles. The number of fused-ring (bicyclic) bond motifs is 1. The molecule has 2 nitrogen and oxygen atoms in total. The van der Waals surface area contributed by atoms with Crippen LogP contribution < -0.4 is 5.32 Å². The van der Waals surface area contributed by atoms with Gasteiger partial charge in [-0.15, -0.1) is 0 Å². The summed E-state index contributed by atoms with van der Waals surface area (Å²) in [5, 5.41) is 5.01. The third-order valence-electron chi connectivity index (χ3n) is 3.44. The predicted octanol–water partition coefficient (Wildman–Crippen LogP) is 4.67. The monoisotopic (exact) mass is 357 g/mol. The molecule has 0 aliphatic carbocycles. The topological polar surface area (TPSA) is 29.1 Å². The minimum Gasteiger partial charge on any atom is -0.348 e. The second-order valence-corrected chi connectivity index (χ2v) is 5.90. The Bertz CT molecular complexity index is 847. The fraction of sp³-hybridized carbons (Fsp3) is 0.0556. The van der Waals surface area contributed by atoms with Crippen molar-refractivity contribution < 1.29 is 9.18 Å². The zero-order valence-corrected chi connectivity index (χ0v) is 13.2. The molecule has 0 fully saturated rings. The molecule has 0 atom stereocenters. The molecule has 3 aromatic rings. The summed E-state index contributed by atoms with van der Waals surface area (Å²) in [6.45, 7) is 0.357. The molecule has 1 amide bonds. The number of hydrogen-bond donors (Lipinski definition) is 1. The molecule has 0 aromatic heterocycles. The first kappa shape index (κ1) is 14.7. The highest BCUT2D eigenvalue weighted by Gasteiger charge is 2.11. The maximum absolute atomic E-state index is 13.7. The van der Waals surface area contributed by atoms with E-state index in [1.54, 1.807) is 6.07 Å². The van der Waals surface area contributed by atoms with E-state index < -0.39 is 11.7 Å². The Hall–Kier alpha value is -2.20. The van der Waals surface area contributed by atoms with Crippen molar-refractivity contribution in [3.8, 4) is 0 Å². The fourth-order valence-corrected chi connectivity index (χ4v) is 2.66. The minimum atomic E-state index is -0.529. The largest absolute Gasteiger partial charge is 0.348 e. The molecule has 22 heavy (non-hydrogen) atoms. The Morgan fingerprint density at radius 2 is 1.77 bits per heavy atom. The Labute approximate surface area is 136 Å². The van der Waals surface area contributed by atoms with E-state index in [-0.39, 0.29) is 5.56 Å². The van der Waals surface area contributed by atoms with Gasteiger partial charge in [-0.1, -0.05) is 52.3 Å². The molecular formula is C18H13BrFNO. The van der Waals surface area contributed by atoms with Gasteiger partial charge in [0.15, 0.2) is 0 Å². The lowest BCUT2D eigenvalue weighted by atomic mass is 10.1. The molecule has 3 aromatic carbocycles. The molecule has 0 spiro atoms. The number of carbonyl (C=O) groups excluding carboxylic acids is 1. The van der Waals surface area contributed by atoms with Crippen LogP contribution in [0.1, 0.15) is 15.9 Å². The summed E-state index contributed by atoms with van der Waals surface area (Å²) in [6, 6.07) is 18.3. The van der Waals surface area contributed by atoms with Crippen LogP contribution in [0.5, 0.6) is 0 Å². The molecule has 1 N–H and O–H groups in total. The Morgan fingerprint density at radius 1 is 1.00 bits per heavy atom. The van der Waals surface area contributed by atoms with Crippen LogP contribution in [0.2, 0.25) is 0 Å². The maximum atomic E-state index is 13.7. The molecule has 0 aliphatic heterocycles. The van der Waals surface area contributed by atoms with E-state index in [2.05, 4.69) is 21.2 Å². The molecule has 4 heteroatoms. The zero-order valence-electron chi connectivity index (χ0n) is 11.6. The first-order valence-electron chi connectivity index (χ1n) is 6.84. The molecule has 0 aliphatic rings. The number of rotatable bonds is 3. The van der Waals surface area contributed by atoms with Crippen molar-refractivity contribution in [1.82, 2.24) is 5.32 Å². The average Bonchev–Trinajstić information content (AvgIpc) is 2.54. The molecular weight excluding hydrogens is 345 g/mol. The van der Waals surface area contributed by atoms with Crippen LogP contribution >= 0.6 is 15.9 Å². The van der Waals surface area contributed by atoms with Crippen molar-refractivity contribution in [1.29, 1.82) is 0 Å². The standard InChI is InChI=1S/C18H13BrFNO/c19-15-7-8-17(20)16(10-15)18(22)21-11-12-5-6-13-3-1-2-4-14(13)9-12/h1-10H,11H2,(H,21,22). The van der Waals surface area contributed by atoms with Crippen molar-refractivity contribution in [2.45, 2.75) is 6.54 Å². The van der Waals surface area contributed by atoms with Crippen molar-refractivity contribution in [2.75, 3.05) is 0 Å². The molecule has 0 bridgehead atoms. The summed E-state index contributed by atoms with van der Waals surface area (Å²) in [7, 11) is 0. The average molecular weight is 358 g/mol. The second kappa shape index (κ2) is 6.28. The van der Waals surface area contributed by atoms with Gasteiger partial charge in [0, 0.05) is 11.0 Å². The van der Waals surface area contributed by atoms with E-state index in [1.165, 1.54) is 12.1 Å². The number of hydrogen-bond acceptors (Lipinski definition) is 1. The van der Waals surface area contributed by atoms with Gasteiger partial charge in [-0.2, -0.15) is 0 Å². The van der Waals surface area contributed by atoms with Crippen LogP contribution in [0.15, 0.2) is 65.1 Å². The van der Waals surface area contributed by atoms with Crippen molar-refractivity contribution in [3.63, 3.8) is 0 Å². The van der Waals surface area contributed by atoms with Gasteiger partial charge in [0.1, 0.15) is 5.82 Å². The van der Waals surface area contributed by atoms with Gasteiger partial charge < -0.3 is 5.32 Å². The summed E-state index contributed by atoms with van der Waals surface area (Å²) in [5.74, 6) is -0.953. The third kappa shape index (κ3) is 3.17. The summed E-state index contributed by atoms with van der Waals surface area (Å²) < 4.78 is 14.3. The van der Waals surface area contributed by atoms with E-state index in [0.717, 1.165) is 16.3 Å². The summed E-state index contributed by atoms with van der Waals surface area (Å²) in [6.07, 6.45) is 0. The number of carbonyl (C=O) groups is 1. The highest BCUT2D eigenvalue weighted by Crippen LogP contribution is 2.17. The van der Waals surface area contributed by atoms with Crippen LogP contribution in [-0.2, 0) is 6.54 Å². The number of benzene rings is 3. The van der Waals surface area contributed by atoms with Gasteiger partial charge in [-0.25, -0.2) is 4.39 Å². The SMILES string of the molecule is O=C(NCc1ccc2ccccc2c1)c1cc(Br)ccc1F. The van der Waals surface area contributed by atoms with Crippen LogP contribution in [0, 0.1) is 5.82 Å². The Balaban J connectivity index is 1.75. The fourth-order valence-electron chi connectivity index (χ4n) is 2.30. The lowest BCUT2D eigenvalue weighted by molar-refractivity contribution is 0.0947. The smallest absolute Gasteiger partial charge is 0.254 e. The third-order valence-corrected chi connectivity index (χ3v) is 3.93. The predicted molar refractivity (Wildman–Crippen MR) is 89.2 cm³/mol. The normalized spacial score (nSPS) is 10.6. The van der Waals surface area contributed by atoms with Gasteiger partial charge in [-0.3, -0.25) is 4.79 Å². The van der Waals surface area contributed by atoms with E-state index in [9.17, 15) is 9.18 Å². The van der Waals surface area contributed by atoms with E-state index in [1.807, 2.05) is 42.5 Å². The van der Waals surface area contributed by atoms with Crippen LogP contribution in [-0.4, -0.2) is 5.91 Å². The highest BCUT2D eigenvalue weighted by atomic mass is 79.9. The van der Waals surface area contributed by atoms with Crippen LogP contribution in [0.25, 0.3) is 10.8 Å². The Kier molecular flexibility index (Phi) is 4.20. The van der Waals surface area contributed by atoms with Gasteiger partial charge in [0.2, 0.25) is 0 Å². The maximum Gasteiger partial charge on any atom is 0.254 e. The minimum absolute atomic E-state index is 0.0372. The molecule has 0 unspecified atom stereocenters. The molecule has 0 heterocycles. The highest BCUT2D eigenvalue weighted by molar-refractivity contribution is 9.10. The zero-order chi connectivity index (χ0) is 15.5. The van der Waals surface area contributed by atoms with E-state index in [0.29, 0.717) is 11.0 Å². The first-order valence-corrected chi connectivity index (χ1v) is 7.64. The van der Waals surface area contributed by atoms with Crippen molar-refractivity contribution in [2.24, 2.45) is 0 Å². The van der Waals surface area contributed by atoms with Crippen LogP contribution in [0.4, 0.5) is 4.39 Å². The number of halogens is 2. The van der Waals surface area contributed by atoms with Gasteiger partial charge >= 0.3 is 0 Å². The second-order valence-electron chi connectivity index (χ2n) is 4.99. The van der Waals surface area contributed by atoms with Gasteiger partial charge in [0.05, 0.1) is 5.56 Å². The summed E-state index contributed by atoms with van der Waals surface area (Å²) >= 11 is 3.24. The lowest BCUT2D eigenvalue weighted by Gasteiger charge is -2.08. The van der Waals surface area contributed by atoms with Gasteiger partial charge in [-0.05, 0) is 40.6 Å². The molecule has 0 saturated carbocycles. The van der Waals surface area contributed by atoms with Gasteiger partial charge in [0.25, 0.3) is 5.91 Å². The van der Waals surface area contributed by atoms with Crippen molar-refractivity contribution in [3.05, 3.63) is 82.1 Å². The van der Waals surface area contributed by atoms with Crippen LogP contribution in [0.3, 0.4) is 0 Å². The first-order chi connectivity index (χ1) is 10.6. The Morgan fingerprint density at radius 3 is 2.59 bits per heavy atom. The molecule has 110 valence electrons. The van der Waals surface area contributed by atoms with E-state index in [4.69, 9.17) is 0 Å². The van der Waals surface area contributed by atoms with Crippen molar-refractivity contribution >= 4 is 32.6 Å². The molecule has 0 radical (unpaired) electrons. The molecule has 3 rings (SSSR count). The number of nitrogens with one attached hydrogen (secondary N) is 1. The quantitative estimate of drug-likeness (QED) is 0.724. The number of amides is 1. The van der Waals surface area contributed by atoms with E-state index >= 15 is 0 Å².